The molecule has 1 aromatic carbocycles. The van der Waals surface area contributed by atoms with Crippen molar-refractivity contribution in [3.8, 4) is 0 Å². The molecule has 4 rings (SSSR count). The molecule has 0 radical (unpaired) electrons. The average Bonchev–Trinajstić information content (AvgIpc) is 2.97. The minimum Gasteiger partial charge on any atom is -0.353 e. The van der Waals surface area contributed by atoms with Crippen molar-refractivity contribution in [2.75, 3.05) is 23.3 Å². The van der Waals surface area contributed by atoms with E-state index in [1.165, 1.54) is 15.5 Å². The average molecular weight is 445 g/mol. The molecule has 1 N–H and O–H groups in total. The van der Waals surface area contributed by atoms with E-state index in [-0.39, 0.29) is 18.1 Å². The number of hydrogen-bond acceptors (Lipinski definition) is 5. The van der Waals surface area contributed by atoms with Gasteiger partial charge in [0.25, 0.3) is 0 Å². The molecule has 146 valence electrons. The lowest BCUT2D eigenvalue weighted by atomic mass is 10.0. The molecule has 1 aliphatic rings. The molecule has 1 fully saturated rings. The Morgan fingerprint density at radius 2 is 2.25 bits per heavy atom. The second kappa shape index (κ2) is 7.75. The van der Waals surface area contributed by atoms with Gasteiger partial charge in [-0.15, -0.1) is 5.10 Å². The van der Waals surface area contributed by atoms with E-state index in [1.54, 1.807) is 24.5 Å². The quantitative estimate of drug-likeness (QED) is 0.668. The minimum absolute atomic E-state index is 0.164. The molecule has 2 aromatic heterocycles. The summed E-state index contributed by atoms with van der Waals surface area (Å²) in [5, 5.41) is 7.19. The van der Waals surface area contributed by atoms with Crippen molar-refractivity contribution in [2.45, 2.75) is 26.3 Å². The van der Waals surface area contributed by atoms with Gasteiger partial charge in [0.05, 0.1) is 0 Å². The first-order chi connectivity index (χ1) is 13.5. The Labute approximate surface area is 170 Å². The van der Waals surface area contributed by atoms with Crippen LogP contribution in [0.3, 0.4) is 0 Å². The lowest BCUT2D eigenvalue weighted by Crippen LogP contribution is -2.35. The van der Waals surface area contributed by atoms with Gasteiger partial charge in [-0.05, 0) is 37.0 Å². The molecule has 1 saturated heterocycles. The van der Waals surface area contributed by atoms with Crippen LogP contribution in [-0.4, -0.2) is 38.2 Å². The molecule has 1 amide bonds. The third-order valence-electron chi connectivity index (χ3n) is 4.84. The normalized spacial score (nSPS) is 17.1. The first kappa shape index (κ1) is 18.7. The molecule has 0 unspecified atom stereocenters. The van der Waals surface area contributed by atoms with E-state index in [0.717, 1.165) is 24.0 Å². The van der Waals surface area contributed by atoms with Gasteiger partial charge < -0.3 is 10.2 Å². The molecule has 28 heavy (non-hydrogen) atoms. The van der Waals surface area contributed by atoms with E-state index in [1.807, 2.05) is 12.1 Å². The molecule has 1 atom stereocenters. The summed E-state index contributed by atoms with van der Waals surface area (Å²) in [7, 11) is 0. The summed E-state index contributed by atoms with van der Waals surface area (Å²) in [5.41, 5.74) is 0.783. The highest BCUT2D eigenvalue weighted by molar-refractivity contribution is 9.10. The van der Waals surface area contributed by atoms with Crippen molar-refractivity contribution >= 4 is 39.0 Å². The number of carbonyl (C=O) groups excluding carboxylic acids is 1. The Morgan fingerprint density at radius 3 is 3.04 bits per heavy atom. The zero-order valence-corrected chi connectivity index (χ0v) is 17.1. The van der Waals surface area contributed by atoms with Crippen molar-refractivity contribution in [3.05, 3.63) is 51.6 Å². The summed E-state index contributed by atoms with van der Waals surface area (Å²) in [6.07, 6.45) is 5.47. The maximum atomic E-state index is 12.7. The van der Waals surface area contributed by atoms with E-state index >= 15 is 0 Å². The molecular weight excluding hydrogens is 424 g/mol. The van der Waals surface area contributed by atoms with Crippen molar-refractivity contribution in [1.82, 2.24) is 19.2 Å². The smallest absolute Gasteiger partial charge is 0.350 e. The number of carbonyl (C=O) groups is 1. The molecule has 0 saturated carbocycles. The van der Waals surface area contributed by atoms with E-state index in [9.17, 15) is 9.59 Å². The number of fused-ring (bicyclic) bond motifs is 1. The standard InChI is InChI=1S/C19H21BrN6O2/c1-13-4-3-8-24(11-13)17-18-23-26(19(28)25(18)9-7-21-17)12-16(27)22-15-6-2-5-14(20)10-15/h2,5-7,9-10,13H,3-4,8,11-12H2,1H3,(H,22,27)/t13-/m0/s1. The van der Waals surface area contributed by atoms with Crippen LogP contribution in [0.4, 0.5) is 11.5 Å². The van der Waals surface area contributed by atoms with Crippen LogP contribution in [0.1, 0.15) is 19.8 Å². The van der Waals surface area contributed by atoms with Crippen molar-refractivity contribution in [2.24, 2.45) is 5.92 Å². The highest BCUT2D eigenvalue weighted by Crippen LogP contribution is 2.23. The minimum atomic E-state index is -0.354. The van der Waals surface area contributed by atoms with Crippen LogP contribution in [-0.2, 0) is 11.3 Å². The van der Waals surface area contributed by atoms with Gasteiger partial charge in [-0.25, -0.2) is 18.9 Å². The highest BCUT2D eigenvalue weighted by atomic mass is 79.9. The Hall–Kier alpha value is -2.68. The third kappa shape index (κ3) is 3.80. The second-order valence-corrected chi connectivity index (χ2v) is 8.05. The van der Waals surface area contributed by atoms with Gasteiger partial charge in [-0.3, -0.25) is 4.79 Å². The molecule has 1 aliphatic heterocycles. The molecule has 3 heterocycles. The Balaban J connectivity index is 1.60. The summed E-state index contributed by atoms with van der Waals surface area (Å²) in [6, 6.07) is 7.28. The van der Waals surface area contributed by atoms with Crippen LogP contribution in [0, 0.1) is 5.92 Å². The number of halogens is 1. The predicted molar refractivity (Wildman–Crippen MR) is 111 cm³/mol. The number of hydrogen-bond donors (Lipinski definition) is 1. The number of anilines is 2. The summed E-state index contributed by atoms with van der Waals surface area (Å²) in [5.74, 6) is 0.947. The van der Waals surface area contributed by atoms with Gasteiger partial charge in [0, 0.05) is 35.6 Å². The SMILES string of the molecule is C[C@H]1CCCN(c2nccn3c(=O)n(CC(=O)Nc4cccc(Br)c4)nc23)C1. The fourth-order valence-corrected chi connectivity index (χ4v) is 3.95. The Morgan fingerprint density at radius 1 is 1.39 bits per heavy atom. The lowest BCUT2D eigenvalue weighted by Gasteiger charge is -2.31. The number of nitrogens with one attached hydrogen (secondary N) is 1. The number of amides is 1. The van der Waals surface area contributed by atoms with Crippen LogP contribution in [0.25, 0.3) is 5.65 Å². The van der Waals surface area contributed by atoms with Crippen molar-refractivity contribution < 1.29 is 4.79 Å². The molecule has 9 heteroatoms. The number of aromatic nitrogens is 4. The lowest BCUT2D eigenvalue weighted by molar-refractivity contribution is -0.117. The van der Waals surface area contributed by atoms with Gasteiger partial charge in [0.15, 0.2) is 5.82 Å². The highest BCUT2D eigenvalue weighted by Gasteiger charge is 2.22. The van der Waals surface area contributed by atoms with Gasteiger partial charge in [-0.2, -0.15) is 0 Å². The topological polar surface area (TPSA) is 84.5 Å². The number of benzene rings is 1. The van der Waals surface area contributed by atoms with E-state index in [2.05, 4.69) is 43.2 Å². The molecule has 3 aromatic rings. The van der Waals surface area contributed by atoms with Crippen LogP contribution in [0.15, 0.2) is 45.9 Å². The first-order valence-electron chi connectivity index (χ1n) is 9.26. The largest absolute Gasteiger partial charge is 0.353 e. The summed E-state index contributed by atoms with van der Waals surface area (Å²) in [6.45, 7) is 3.82. The maximum Gasteiger partial charge on any atom is 0.350 e. The zero-order chi connectivity index (χ0) is 19.7. The molecule has 0 spiro atoms. The summed E-state index contributed by atoms with van der Waals surface area (Å²) in [4.78, 5) is 31.7. The van der Waals surface area contributed by atoms with Crippen LogP contribution in [0.2, 0.25) is 0 Å². The van der Waals surface area contributed by atoms with Gasteiger partial charge in [0.1, 0.15) is 6.54 Å². The van der Waals surface area contributed by atoms with Gasteiger partial charge in [0.2, 0.25) is 11.6 Å². The fraction of sp³-hybridized carbons (Fsp3) is 0.368. The fourth-order valence-electron chi connectivity index (χ4n) is 3.55. The molecule has 0 aliphatic carbocycles. The first-order valence-corrected chi connectivity index (χ1v) is 10.0. The third-order valence-corrected chi connectivity index (χ3v) is 5.33. The van der Waals surface area contributed by atoms with Crippen LogP contribution < -0.4 is 15.9 Å². The van der Waals surface area contributed by atoms with E-state index in [0.29, 0.717) is 23.1 Å². The number of piperidine rings is 1. The maximum absolute atomic E-state index is 12.7. The van der Waals surface area contributed by atoms with Gasteiger partial charge in [-0.1, -0.05) is 28.9 Å². The van der Waals surface area contributed by atoms with E-state index < -0.39 is 0 Å². The van der Waals surface area contributed by atoms with Crippen LogP contribution in [0.5, 0.6) is 0 Å². The summed E-state index contributed by atoms with van der Waals surface area (Å²) < 4.78 is 3.50. The number of rotatable bonds is 4. The zero-order valence-electron chi connectivity index (χ0n) is 15.5. The van der Waals surface area contributed by atoms with E-state index in [4.69, 9.17) is 0 Å². The predicted octanol–water partition coefficient (Wildman–Crippen LogP) is 2.53. The Bertz CT molecular complexity index is 1080. The van der Waals surface area contributed by atoms with Gasteiger partial charge >= 0.3 is 5.69 Å². The number of nitrogens with zero attached hydrogens (tertiary/aromatic N) is 5. The summed E-state index contributed by atoms with van der Waals surface area (Å²) >= 11 is 3.37. The van der Waals surface area contributed by atoms with Crippen molar-refractivity contribution in [1.29, 1.82) is 0 Å². The molecule has 0 bridgehead atoms. The van der Waals surface area contributed by atoms with Crippen LogP contribution >= 0.6 is 15.9 Å². The molecule has 8 nitrogen and oxygen atoms in total. The second-order valence-electron chi connectivity index (χ2n) is 7.14. The van der Waals surface area contributed by atoms with Crippen molar-refractivity contribution in [3.63, 3.8) is 0 Å². The molecular formula is C19H21BrN6O2. The monoisotopic (exact) mass is 444 g/mol. The Kier molecular flexibility index (Phi) is 5.17.